The number of halogens is 4. The molecule has 10 heteroatoms. The van der Waals surface area contributed by atoms with Crippen LogP contribution >= 0.6 is 0 Å². The monoisotopic (exact) mass is 379 g/mol. The number of anilines is 1. The fourth-order valence-corrected chi connectivity index (χ4v) is 3.47. The molecule has 0 atom stereocenters. The van der Waals surface area contributed by atoms with Crippen molar-refractivity contribution >= 4 is 15.7 Å². The zero-order valence-corrected chi connectivity index (χ0v) is 13.4. The number of hydrogen-bond donors (Lipinski definition) is 2. The molecule has 0 aliphatic heterocycles. The second-order valence-corrected chi connectivity index (χ2v) is 6.93. The average Bonchev–Trinajstić information content (AvgIpc) is 2.50. The van der Waals surface area contributed by atoms with Crippen molar-refractivity contribution in [1.29, 1.82) is 0 Å². The summed E-state index contributed by atoms with van der Waals surface area (Å²) in [6.07, 6.45) is -6.08. The number of sulfonamides is 1. The molecule has 0 amide bonds. The summed E-state index contributed by atoms with van der Waals surface area (Å²) in [4.78, 5) is -0.374. The lowest BCUT2D eigenvalue weighted by molar-refractivity contribution is -0.131. The minimum absolute atomic E-state index is 0.225. The molecule has 0 saturated carbocycles. The van der Waals surface area contributed by atoms with E-state index in [-0.39, 0.29) is 16.3 Å². The zero-order valence-electron chi connectivity index (χ0n) is 12.5. The smallest absolute Gasteiger partial charge is 0.390 e. The van der Waals surface area contributed by atoms with Gasteiger partial charge in [0.25, 0.3) is 10.0 Å². The largest absolute Gasteiger partial charge is 0.508 e. The van der Waals surface area contributed by atoms with Crippen molar-refractivity contribution in [3.8, 4) is 11.5 Å². The van der Waals surface area contributed by atoms with Gasteiger partial charge in [-0.3, -0.25) is 4.31 Å². The molecule has 0 radical (unpaired) electrons. The van der Waals surface area contributed by atoms with Crippen LogP contribution in [0.25, 0.3) is 0 Å². The molecule has 5 nitrogen and oxygen atoms in total. The molecular formula is C15H13F4NO4S. The van der Waals surface area contributed by atoms with E-state index in [1.165, 1.54) is 0 Å². The highest BCUT2D eigenvalue weighted by atomic mass is 32.2. The highest BCUT2D eigenvalue weighted by Gasteiger charge is 2.32. The molecule has 2 aromatic rings. The Morgan fingerprint density at radius 1 is 1.00 bits per heavy atom. The first-order chi connectivity index (χ1) is 11.5. The summed E-state index contributed by atoms with van der Waals surface area (Å²) in [5, 5.41) is 18.4. The highest BCUT2D eigenvalue weighted by Crippen LogP contribution is 2.30. The lowest BCUT2D eigenvalue weighted by atomic mass is 10.3. The van der Waals surface area contributed by atoms with Gasteiger partial charge < -0.3 is 10.2 Å². The number of nitrogens with zero attached hydrogens (tertiary/aromatic N) is 1. The molecule has 0 bridgehead atoms. The molecule has 2 N–H and O–H groups in total. The van der Waals surface area contributed by atoms with Crippen LogP contribution in [0.15, 0.2) is 47.4 Å². The van der Waals surface area contributed by atoms with E-state index in [2.05, 4.69) is 0 Å². The van der Waals surface area contributed by atoms with Crippen LogP contribution in [0.2, 0.25) is 0 Å². The topological polar surface area (TPSA) is 77.8 Å². The Bertz CT molecular complexity index is 851. The van der Waals surface area contributed by atoms with Crippen molar-refractivity contribution in [2.75, 3.05) is 10.8 Å². The molecular weight excluding hydrogens is 366 g/mol. The lowest BCUT2D eigenvalue weighted by Crippen LogP contribution is -2.34. The van der Waals surface area contributed by atoms with Crippen LogP contribution in [-0.4, -0.2) is 31.4 Å². The second-order valence-electron chi connectivity index (χ2n) is 5.07. The molecule has 25 heavy (non-hydrogen) atoms. The molecule has 2 aromatic carbocycles. The van der Waals surface area contributed by atoms with Crippen molar-refractivity contribution in [3.05, 3.63) is 48.3 Å². The molecule has 0 spiro atoms. The van der Waals surface area contributed by atoms with Crippen molar-refractivity contribution in [2.45, 2.75) is 17.5 Å². The molecule has 136 valence electrons. The summed E-state index contributed by atoms with van der Waals surface area (Å²) < 4.78 is 76.9. The Kier molecular flexibility index (Phi) is 5.12. The zero-order chi connectivity index (χ0) is 18.8. The third-order valence-electron chi connectivity index (χ3n) is 3.24. The predicted molar refractivity (Wildman–Crippen MR) is 81.4 cm³/mol. The molecule has 0 saturated heterocycles. The molecule has 0 fully saturated rings. The van der Waals surface area contributed by atoms with Crippen LogP contribution in [-0.2, 0) is 10.0 Å². The van der Waals surface area contributed by atoms with Gasteiger partial charge in [0.05, 0.1) is 17.0 Å². The van der Waals surface area contributed by atoms with Crippen LogP contribution in [0.1, 0.15) is 6.42 Å². The summed E-state index contributed by atoms with van der Waals surface area (Å²) in [7, 11) is -4.45. The van der Waals surface area contributed by atoms with E-state index in [1.807, 2.05) is 0 Å². The maximum atomic E-state index is 13.5. The van der Waals surface area contributed by atoms with E-state index in [4.69, 9.17) is 0 Å². The standard InChI is InChI=1S/C15H13F4NO4S/c16-13-9-10(1-6-14(13)22)20(8-7-15(17,18)19)25(23,24)12-4-2-11(21)3-5-12/h1-6,9,21-22H,7-8H2. The third kappa shape index (κ3) is 4.53. The lowest BCUT2D eigenvalue weighted by Gasteiger charge is -2.25. The Morgan fingerprint density at radius 2 is 1.60 bits per heavy atom. The summed E-state index contributed by atoms with van der Waals surface area (Å²) in [6, 6.07) is 6.62. The van der Waals surface area contributed by atoms with Crippen LogP contribution in [0.3, 0.4) is 0 Å². The minimum Gasteiger partial charge on any atom is -0.508 e. The first kappa shape index (κ1) is 18.8. The van der Waals surface area contributed by atoms with Crippen molar-refractivity contribution in [1.82, 2.24) is 0 Å². The maximum Gasteiger partial charge on any atom is 0.390 e. The van der Waals surface area contributed by atoms with Gasteiger partial charge in [0.15, 0.2) is 11.6 Å². The van der Waals surface area contributed by atoms with E-state index in [0.29, 0.717) is 10.4 Å². The fourth-order valence-electron chi connectivity index (χ4n) is 2.01. The number of aromatic hydroxyl groups is 2. The first-order valence-corrected chi connectivity index (χ1v) is 8.32. The van der Waals surface area contributed by atoms with Crippen LogP contribution in [0.4, 0.5) is 23.2 Å². The molecule has 2 rings (SSSR count). The number of benzene rings is 2. The molecule has 0 unspecified atom stereocenters. The number of alkyl halides is 3. The quantitative estimate of drug-likeness (QED) is 0.781. The normalized spacial score (nSPS) is 12.2. The molecule has 0 aliphatic carbocycles. The summed E-state index contributed by atoms with van der Waals surface area (Å²) in [5.41, 5.74) is -0.368. The van der Waals surface area contributed by atoms with E-state index >= 15 is 0 Å². The highest BCUT2D eigenvalue weighted by molar-refractivity contribution is 7.92. The van der Waals surface area contributed by atoms with Crippen LogP contribution < -0.4 is 4.31 Å². The van der Waals surface area contributed by atoms with Gasteiger partial charge in [0.2, 0.25) is 0 Å². The summed E-state index contributed by atoms with van der Waals surface area (Å²) in [6.45, 7) is -0.975. The van der Waals surface area contributed by atoms with E-state index in [0.717, 1.165) is 36.4 Å². The fraction of sp³-hybridized carbons (Fsp3) is 0.200. The van der Waals surface area contributed by atoms with Gasteiger partial charge in [-0.1, -0.05) is 0 Å². The van der Waals surface area contributed by atoms with Crippen molar-refractivity contribution < 1.29 is 36.2 Å². The summed E-state index contributed by atoms with van der Waals surface area (Å²) in [5.74, 6) is -2.16. The SMILES string of the molecule is O=S(=O)(c1ccc(O)cc1)N(CCC(F)(F)F)c1ccc(O)c(F)c1. The third-order valence-corrected chi connectivity index (χ3v) is 5.08. The van der Waals surface area contributed by atoms with E-state index in [1.54, 1.807) is 0 Å². The van der Waals surface area contributed by atoms with Gasteiger partial charge >= 0.3 is 6.18 Å². The number of phenolic OH excluding ortho intramolecular Hbond substituents is 2. The first-order valence-electron chi connectivity index (χ1n) is 6.88. The van der Waals surface area contributed by atoms with Gasteiger partial charge in [-0.2, -0.15) is 13.2 Å². The van der Waals surface area contributed by atoms with Gasteiger partial charge in [-0.05, 0) is 36.4 Å². The maximum absolute atomic E-state index is 13.5. The van der Waals surface area contributed by atoms with E-state index < -0.39 is 40.7 Å². The van der Waals surface area contributed by atoms with Gasteiger partial charge in [0, 0.05) is 12.6 Å². The van der Waals surface area contributed by atoms with Crippen LogP contribution in [0, 0.1) is 5.82 Å². The summed E-state index contributed by atoms with van der Waals surface area (Å²) >= 11 is 0. The van der Waals surface area contributed by atoms with Gasteiger partial charge in [-0.25, -0.2) is 12.8 Å². The Balaban J connectivity index is 2.49. The minimum atomic E-state index is -4.63. The average molecular weight is 379 g/mol. The number of rotatable bonds is 5. The van der Waals surface area contributed by atoms with Gasteiger partial charge in [0.1, 0.15) is 5.75 Å². The molecule has 0 aromatic heterocycles. The number of phenols is 2. The van der Waals surface area contributed by atoms with Crippen molar-refractivity contribution in [2.24, 2.45) is 0 Å². The predicted octanol–water partition coefficient (Wildman–Crippen LogP) is 3.38. The van der Waals surface area contributed by atoms with Crippen molar-refractivity contribution in [3.63, 3.8) is 0 Å². The Hall–Kier alpha value is -2.49. The van der Waals surface area contributed by atoms with Crippen LogP contribution in [0.5, 0.6) is 11.5 Å². The Morgan fingerprint density at radius 3 is 2.12 bits per heavy atom. The molecule has 0 aliphatic rings. The Labute approximate surface area is 140 Å². The second kappa shape index (κ2) is 6.79. The van der Waals surface area contributed by atoms with Gasteiger partial charge in [-0.15, -0.1) is 0 Å². The van der Waals surface area contributed by atoms with E-state index in [9.17, 15) is 36.2 Å². The number of hydrogen-bond acceptors (Lipinski definition) is 4. The molecule has 0 heterocycles.